The summed E-state index contributed by atoms with van der Waals surface area (Å²) >= 11 is 1.58. The molecule has 4 rings (SSSR count). The summed E-state index contributed by atoms with van der Waals surface area (Å²) in [5.74, 6) is 0. The van der Waals surface area contributed by atoms with Crippen LogP contribution >= 0.6 is 11.3 Å². The Kier molecular flexibility index (Phi) is 4.89. The summed E-state index contributed by atoms with van der Waals surface area (Å²) in [6.07, 6.45) is 1.98. The van der Waals surface area contributed by atoms with Gasteiger partial charge in [-0.3, -0.25) is 4.31 Å². The molecule has 1 aromatic heterocycles. The van der Waals surface area contributed by atoms with Crippen molar-refractivity contribution in [2.45, 2.75) is 32.4 Å². The average Bonchev–Trinajstić information content (AvgIpc) is 3.24. The molecule has 0 spiro atoms. The molecule has 1 N–H and O–H groups in total. The molecule has 0 fully saturated rings. The fraction of sp³-hybridized carbons (Fsp3) is 0.286. The highest BCUT2D eigenvalue weighted by molar-refractivity contribution is 7.92. The third kappa shape index (κ3) is 3.64. The van der Waals surface area contributed by atoms with E-state index in [4.69, 9.17) is 4.98 Å². The van der Waals surface area contributed by atoms with E-state index in [2.05, 4.69) is 30.4 Å². The number of sulfonamides is 1. The van der Waals surface area contributed by atoms with E-state index in [0.717, 1.165) is 34.1 Å². The number of benzene rings is 2. The maximum Gasteiger partial charge on any atom is 0.232 e. The van der Waals surface area contributed by atoms with Crippen LogP contribution in [-0.4, -0.2) is 25.7 Å². The van der Waals surface area contributed by atoms with Crippen molar-refractivity contribution in [3.8, 4) is 11.3 Å². The Morgan fingerprint density at radius 1 is 1.21 bits per heavy atom. The molecule has 1 aliphatic heterocycles. The highest BCUT2D eigenvalue weighted by atomic mass is 32.2. The molecule has 2 atom stereocenters. The van der Waals surface area contributed by atoms with Gasteiger partial charge in [0, 0.05) is 17.0 Å². The quantitative estimate of drug-likeness (QED) is 0.659. The van der Waals surface area contributed by atoms with Crippen molar-refractivity contribution >= 4 is 32.2 Å². The van der Waals surface area contributed by atoms with Gasteiger partial charge in [-0.25, -0.2) is 13.4 Å². The van der Waals surface area contributed by atoms with Gasteiger partial charge >= 0.3 is 0 Å². The molecule has 7 heteroatoms. The van der Waals surface area contributed by atoms with Gasteiger partial charge < -0.3 is 5.32 Å². The van der Waals surface area contributed by atoms with Gasteiger partial charge in [-0.15, -0.1) is 11.3 Å². The Bertz CT molecular complexity index is 1090. The minimum Gasteiger partial charge on any atom is -0.355 e. The van der Waals surface area contributed by atoms with Crippen LogP contribution in [0.5, 0.6) is 0 Å². The van der Waals surface area contributed by atoms with Gasteiger partial charge in [0.05, 0.1) is 23.7 Å². The second-order valence-electron chi connectivity index (χ2n) is 7.27. The maximum atomic E-state index is 12.1. The fourth-order valence-electron chi connectivity index (χ4n) is 3.75. The first kappa shape index (κ1) is 19.0. The van der Waals surface area contributed by atoms with Crippen LogP contribution in [0.3, 0.4) is 0 Å². The lowest BCUT2D eigenvalue weighted by atomic mass is 10.1. The highest BCUT2D eigenvalue weighted by Gasteiger charge is 2.32. The van der Waals surface area contributed by atoms with E-state index in [1.807, 2.05) is 42.6 Å². The molecule has 0 saturated heterocycles. The van der Waals surface area contributed by atoms with Crippen LogP contribution < -0.4 is 9.62 Å². The number of aromatic nitrogens is 1. The summed E-state index contributed by atoms with van der Waals surface area (Å²) in [5, 5.41) is 6.36. The Morgan fingerprint density at radius 3 is 2.68 bits per heavy atom. The van der Waals surface area contributed by atoms with Gasteiger partial charge in [-0.1, -0.05) is 36.4 Å². The molecular formula is C21H23N3O2S2. The zero-order valence-corrected chi connectivity index (χ0v) is 17.7. The van der Waals surface area contributed by atoms with Crippen LogP contribution in [0.25, 0.3) is 11.3 Å². The van der Waals surface area contributed by atoms with Crippen molar-refractivity contribution in [1.29, 1.82) is 0 Å². The first-order valence-corrected chi connectivity index (χ1v) is 12.0. The number of nitrogens with one attached hydrogen (secondary N) is 1. The average molecular weight is 414 g/mol. The number of fused-ring (bicyclic) bond motifs is 1. The zero-order valence-electron chi connectivity index (χ0n) is 16.1. The SMILES string of the molecule is C[C@H](Nc1nc(-c2ccc3c(c2)C[C@H](C)N3S(C)(=O)=O)cs1)c1ccccc1. The van der Waals surface area contributed by atoms with Crippen LogP contribution in [0.4, 0.5) is 10.8 Å². The van der Waals surface area contributed by atoms with Crippen molar-refractivity contribution in [3.05, 3.63) is 65.0 Å². The molecule has 146 valence electrons. The van der Waals surface area contributed by atoms with E-state index in [1.54, 1.807) is 11.3 Å². The zero-order chi connectivity index (χ0) is 19.9. The lowest BCUT2D eigenvalue weighted by molar-refractivity contribution is 0.590. The third-order valence-electron chi connectivity index (χ3n) is 5.03. The van der Waals surface area contributed by atoms with Crippen molar-refractivity contribution in [2.75, 3.05) is 15.9 Å². The minimum atomic E-state index is -3.27. The summed E-state index contributed by atoms with van der Waals surface area (Å²) in [6, 6.07) is 16.3. The Labute approximate surface area is 170 Å². The first-order valence-electron chi connectivity index (χ1n) is 9.22. The lowest BCUT2D eigenvalue weighted by Gasteiger charge is -2.21. The van der Waals surface area contributed by atoms with Crippen LogP contribution in [0.15, 0.2) is 53.9 Å². The summed E-state index contributed by atoms with van der Waals surface area (Å²) in [5.41, 5.74) is 4.96. The second-order valence-corrected chi connectivity index (χ2v) is 9.99. The summed E-state index contributed by atoms with van der Waals surface area (Å²) in [7, 11) is -3.27. The Balaban J connectivity index is 1.56. The number of anilines is 2. The van der Waals surface area contributed by atoms with E-state index in [-0.39, 0.29) is 12.1 Å². The number of thiazole rings is 1. The number of hydrogen-bond acceptors (Lipinski definition) is 5. The monoisotopic (exact) mass is 413 g/mol. The van der Waals surface area contributed by atoms with Crippen molar-refractivity contribution in [3.63, 3.8) is 0 Å². The molecule has 5 nitrogen and oxygen atoms in total. The van der Waals surface area contributed by atoms with Gasteiger partial charge in [0.1, 0.15) is 0 Å². The predicted molar refractivity (Wildman–Crippen MR) is 117 cm³/mol. The molecule has 0 unspecified atom stereocenters. The Morgan fingerprint density at radius 2 is 1.96 bits per heavy atom. The van der Waals surface area contributed by atoms with Crippen LogP contribution in [-0.2, 0) is 16.4 Å². The second kappa shape index (κ2) is 7.22. The predicted octanol–water partition coefficient (Wildman–Crippen LogP) is 4.69. The van der Waals surface area contributed by atoms with Crippen molar-refractivity contribution in [2.24, 2.45) is 0 Å². The van der Waals surface area contributed by atoms with Crippen molar-refractivity contribution in [1.82, 2.24) is 4.98 Å². The fourth-order valence-corrected chi connectivity index (χ4v) is 5.82. The van der Waals surface area contributed by atoms with Crippen LogP contribution in [0.2, 0.25) is 0 Å². The van der Waals surface area contributed by atoms with E-state index < -0.39 is 10.0 Å². The lowest BCUT2D eigenvalue weighted by Crippen LogP contribution is -2.34. The number of rotatable bonds is 5. The molecule has 1 aliphatic rings. The highest BCUT2D eigenvalue weighted by Crippen LogP contribution is 2.37. The Hall–Kier alpha value is -2.38. The van der Waals surface area contributed by atoms with E-state index >= 15 is 0 Å². The normalized spacial score (nSPS) is 17.4. The van der Waals surface area contributed by atoms with Gasteiger partial charge in [0.2, 0.25) is 10.0 Å². The molecule has 0 bridgehead atoms. The van der Waals surface area contributed by atoms with Crippen molar-refractivity contribution < 1.29 is 8.42 Å². The van der Waals surface area contributed by atoms with E-state index in [9.17, 15) is 8.42 Å². The molecular weight excluding hydrogens is 390 g/mol. The summed E-state index contributed by atoms with van der Waals surface area (Å²) < 4.78 is 25.7. The third-order valence-corrected chi connectivity index (χ3v) is 7.07. The largest absolute Gasteiger partial charge is 0.355 e. The van der Waals surface area contributed by atoms with Crippen LogP contribution in [0, 0.1) is 0 Å². The smallest absolute Gasteiger partial charge is 0.232 e. The molecule has 0 radical (unpaired) electrons. The van der Waals surface area contributed by atoms with E-state index in [0.29, 0.717) is 0 Å². The van der Waals surface area contributed by atoms with Crippen LogP contribution in [0.1, 0.15) is 31.0 Å². The molecule has 2 aromatic carbocycles. The molecule has 28 heavy (non-hydrogen) atoms. The molecule has 3 aromatic rings. The maximum absolute atomic E-state index is 12.1. The summed E-state index contributed by atoms with van der Waals surface area (Å²) in [6.45, 7) is 4.06. The van der Waals surface area contributed by atoms with Gasteiger partial charge in [-0.2, -0.15) is 0 Å². The van der Waals surface area contributed by atoms with Gasteiger partial charge in [0.15, 0.2) is 5.13 Å². The summed E-state index contributed by atoms with van der Waals surface area (Å²) in [4.78, 5) is 4.73. The number of nitrogens with zero attached hydrogens (tertiary/aromatic N) is 2. The molecule has 0 aliphatic carbocycles. The van der Waals surface area contributed by atoms with Gasteiger partial charge in [0.25, 0.3) is 0 Å². The van der Waals surface area contributed by atoms with E-state index in [1.165, 1.54) is 16.1 Å². The molecule has 0 saturated carbocycles. The standard InChI is InChI=1S/C21H23N3O2S2/c1-14-11-18-12-17(9-10-20(18)24(14)28(3,25)26)19-13-27-21(23-19)22-15(2)16-7-5-4-6-8-16/h4-10,12-15H,11H2,1-3H3,(H,22,23)/t14-,15-/m0/s1. The molecule has 2 heterocycles. The molecule has 0 amide bonds. The first-order chi connectivity index (χ1) is 13.3. The van der Waals surface area contributed by atoms with Gasteiger partial charge in [-0.05, 0) is 43.5 Å². The minimum absolute atomic E-state index is 0.0559. The topological polar surface area (TPSA) is 62.3 Å². The number of hydrogen-bond donors (Lipinski definition) is 1.